The van der Waals surface area contributed by atoms with E-state index in [0.717, 1.165) is 9.99 Å². The lowest BCUT2D eigenvalue weighted by molar-refractivity contribution is 0.146. The zero-order valence-corrected chi connectivity index (χ0v) is 9.85. The fourth-order valence-electron chi connectivity index (χ4n) is 1.15. The van der Waals surface area contributed by atoms with Crippen molar-refractivity contribution >= 4 is 28.7 Å². The van der Waals surface area contributed by atoms with E-state index in [1.54, 1.807) is 0 Å². The smallest absolute Gasteiger partial charge is 0.407 e. The predicted octanol–water partition coefficient (Wildman–Crippen LogP) is 2.60. The first-order valence-corrected chi connectivity index (χ1v) is 5.84. The highest BCUT2D eigenvalue weighted by Gasteiger charge is 2.10. The molecule has 14 heavy (non-hydrogen) atoms. The molecule has 0 spiro atoms. The van der Waals surface area contributed by atoms with E-state index in [4.69, 9.17) is 5.11 Å². The molecule has 1 rings (SSSR count). The summed E-state index contributed by atoms with van der Waals surface area (Å²) in [6.07, 6.45) is -0.856. The van der Waals surface area contributed by atoms with Crippen LogP contribution in [0.2, 0.25) is 0 Å². The van der Waals surface area contributed by atoms with E-state index in [9.17, 15) is 4.79 Å². The number of hydrogen-bond donors (Lipinski definition) is 1. The third-order valence-electron chi connectivity index (χ3n) is 1.84. The highest BCUT2D eigenvalue weighted by atomic mass is 127. The van der Waals surface area contributed by atoms with Crippen molar-refractivity contribution < 1.29 is 9.90 Å². The second kappa shape index (κ2) is 5.85. The van der Waals surface area contributed by atoms with Gasteiger partial charge in [-0.25, -0.2) is 4.79 Å². The predicted molar refractivity (Wildman–Crippen MR) is 63.8 cm³/mol. The largest absolute Gasteiger partial charge is 0.465 e. The van der Waals surface area contributed by atoms with Crippen LogP contribution in [0, 0.1) is 0 Å². The SMILES string of the molecule is O=C(O)N(CCI)Cc1ccccc1. The van der Waals surface area contributed by atoms with E-state index in [0.29, 0.717) is 13.1 Å². The molecule has 0 aromatic heterocycles. The zero-order valence-electron chi connectivity index (χ0n) is 7.69. The minimum atomic E-state index is -0.856. The normalized spacial score (nSPS) is 9.79. The van der Waals surface area contributed by atoms with E-state index >= 15 is 0 Å². The van der Waals surface area contributed by atoms with Crippen LogP contribution in [-0.4, -0.2) is 27.1 Å². The van der Waals surface area contributed by atoms with Crippen LogP contribution in [0.25, 0.3) is 0 Å². The summed E-state index contributed by atoms with van der Waals surface area (Å²) < 4.78 is 0.816. The Hall–Kier alpha value is -0.780. The molecule has 76 valence electrons. The van der Waals surface area contributed by atoms with Crippen LogP contribution in [0.1, 0.15) is 5.56 Å². The summed E-state index contributed by atoms with van der Waals surface area (Å²) in [4.78, 5) is 12.2. The molecule has 0 bridgehead atoms. The van der Waals surface area contributed by atoms with Crippen LogP contribution >= 0.6 is 22.6 Å². The maximum Gasteiger partial charge on any atom is 0.407 e. The Balaban J connectivity index is 2.60. The number of benzene rings is 1. The summed E-state index contributed by atoms with van der Waals surface area (Å²) in [6, 6.07) is 9.62. The number of rotatable bonds is 4. The maximum absolute atomic E-state index is 10.8. The minimum Gasteiger partial charge on any atom is -0.465 e. The van der Waals surface area contributed by atoms with Gasteiger partial charge in [0.2, 0.25) is 0 Å². The highest BCUT2D eigenvalue weighted by molar-refractivity contribution is 14.1. The van der Waals surface area contributed by atoms with E-state index in [1.807, 2.05) is 30.3 Å². The molecule has 0 atom stereocenters. The van der Waals surface area contributed by atoms with E-state index in [1.165, 1.54) is 4.90 Å². The average molecular weight is 305 g/mol. The van der Waals surface area contributed by atoms with Gasteiger partial charge in [0.25, 0.3) is 0 Å². The first-order valence-electron chi connectivity index (χ1n) is 4.32. The maximum atomic E-state index is 10.8. The summed E-state index contributed by atoms with van der Waals surface area (Å²) in [5, 5.41) is 8.89. The molecule has 1 amide bonds. The second-order valence-corrected chi connectivity index (χ2v) is 3.96. The molecular weight excluding hydrogens is 293 g/mol. The number of carboxylic acid groups (broad SMARTS) is 1. The molecule has 0 aliphatic carbocycles. The summed E-state index contributed by atoms with van der Waals surface area (Å²) in [5.74, 6) is 0. The van der Waals surface area contributed by atoms with Gasteiger partial charge in [0.1, 0.15) is 0 Å². The first-order chi connectivity index (χ1) is 6.74. The van der Waals surface area contributed by atoms with Crippen molar-refractivity contribution in [2.75, 3.05) is 11.0 Å². The Kier molecular flexibility index (Phi) is 4.72. The Morgan fingerprint density at radius 2 is 2.00 bits per heavy atom. The summed E-state index contributed by atoms with van der Waals surface area (Å²) >= 11 is 2.17. The Morgan fingerprint density at radius 1 is 1.36 bits per heavy atom. The summed E-state index contributed by atoms with van der Waals surface area (Å²) in [7, 11) is 0. The van der Waals surface area contributed by atoms with Gasteiger partial charge in [0.05, 0.1) is 0 Å². The van der Waals surface area contributed by atoms with Crippen molar-refractivity contribution in [1.82, 2.24) is 4.90 Å². The molecule has 1 aromatic rings. The van der Waals surface area contributed by atoms with Gasteiger partial charge >= 0.3 is 6.09 Å². The number of nitrogens with zero attached hydrogens (tertiary/aromatic N) is 1. The molecule has 0 unspecified atom stereocenters. The number of amides is 1. The quantitative estimate of drug-likeness (QED) is 0.686. The van der Waals surface area contributed by atoms with Crippen molar-refractivity contribution in [2.45, 2.75) is 6.54 Å². The van der Waals surface area contributed by atoms with Crippen LogP contribution < -0.4 is 0 Å². The molecular formula is C10H12INO2. The lowest BCUT2D eigenvalue weighted by Gasteiger charge is -2.17. The molecule has 0 aliphatic heterocycles. The zero-order chi connectivity index (χ0) is 10.4. The lowest BCUT2D eigenvalue weighted by atomic mass is 10.2. The number of carbonyl (C=O) groups is 1. The summed E-state index contributed by atoms with van der Waals surface area (Å²) in [5.41, 5.74) is 1.03. The van der Waals surface area contributed by atoms with Crippen LogP contribution in [0.15, 0.2) is 30.3 Å². The van der Waals surface area contributed by atoms with Gasteiger partial charge in [0, 0.05) is 17.5 Å². The molecule has 0 aliphatic rings. The minimum absolute atomic E-state index is 0.471. The molecule has 0 heterocycles. The van der Waals surface area contributed by atoms with Crippen LogP contribution in [0.5, 0.6) is 0 Å². The van der Waals surface area contributed by atoms with Crippen molar-refractivity contribution in [3.05, 3.63) is 35.9 Å². The van der Waals surface area contributed by atoms with Gasteiger partial charge < -0.3 is 10.0 Å². The third kappa shape index (κ3) is 3.53. The fraction of sp³-hybridized carbons (Fsp3) is 0.300. The van der Waals surface area contributed by atoms with Crippen molar-refractivity contribution in [1.29, 1.82) is 0 Å². The fourth-order valence-corrected chi connectivity index (χ4v) is 1.73. The van der Waals surface area contributed by atoms with Gasteiger partial charge in [-0.05, 0) is 5.56 Å². The molecule has 1 aromatic carbocycles. The van der Waals surface area contributed by atoms with E-state index < -0.39 is 6.09 Å². The van der Waals surface area contributed by atoms with E-state index in [2.05, 4.69) is 22.6 Å². The summed E-state index contributed by atoms with van der Waals surface area (Å²) in [6.45, 7) is 1.05. The van der Waals surface area contributed by atoms with Crippen molar-refractivity contribution in [2.24, 2.45) is 0 Å². The van der Waals surface area contributed by atoms with Gasteiger partial charge in [-0.3, -0.25) is 0 Å². The van der Waals surface area contributed by atoms with Crippen LogP contribution in [-0.2, 0) is 6.54 Å². The highest BCUT2D eigenvalue weighted by Crippen LogP contribution is 2.04. The number of halogens is 1. The third-order valence-corrected chi connectivity index (χ3v) is 2.32. The van der Waals surface area contributed by atoms with Gasteiger partial charge in [-0.2, -0.15) is 0 Å². The molecule has 0 saturated heterocycles. The van der Waals surface area contributed by atoms with Gasteiger partial charge in [-0.1, -0.05) is 52.9 Å². The molecule has 1 N–H and O–H groups in total. The topological polar surface area (TPSA) is 40.5 Å². The number of hydrogen-bond acceptors (Lipinski definition) is 1. The van der Waals surface area contributed by atoms with Crippen LogP contribution in [0.3, 0.4) is 0 Å². The second-order valence-electron chi connectivity index (χ2n) is 2.88. The molecule has 0 radical (unpaired) electrons. The first kappa shape index (κ1) is 11.3. The van der Waals surface area contributed by atoms with Crippen LogP contribution in [0.4, 0.5) is 4.79 Å². The lowest BCUT2D eigenvalue weighted by Crippen LogP contribution is -2.30. The average Bonchev–Trinajstić information content (AvgIpc) is 2.18. The van der Waals surface area contributed by atoms with Crippen molar-refractivity contribution in [3.8, 4) is 0 Å². The molecule has 4 heteroatoms. The molecule has 3 nitrogen and oxygen atoms in total. The Bertz CT molecular complexity index is 289. The standard InChI is InChI=1S/C10H12INO2/c11-6-7-12(10(13)14)8-9-4-2-1-3-5-9/h1-5H,6-8H2,(H,13,14). The van der Waals surface area contributed by atoms with Crippen molar-refractivity contribution in [3.63, 3.8) is 0 Å². The Morgan fingerprint density at radius 3 is 2.50 bits per heavy atom. The number of alkyl halides is 1. The molecule has 0 saturated carbocycles. The van der Waals surface area contributed by atoms with E-state index in [-0.39, 0.29) is 0 Å². The van der Waals surface area contributed by atoms with Gasteiger partial charge in [0.15, 0.2) is 0 Å². The monoisotopic (exact) mass is 305 g/mol. The molecule has 0 fully saturated rings. The Labute approximate surface area is 96.9 Å². The van der Waals surface area contributed by atoms with Gasteiger partial charge in [-0.15, -0.1) is 0 Å².